The molecule has 0 aromatic carbocycles. The summed E-state index contributed by atoms with van der Waals surface area (Å²) in [6.07, 6.45) is 5.11. The van der Waals surface area contributed by atoms with Gasteiger partial charge < -0.3 is 10.6 Å². The third kappa shape index (κ3) is 3.63. The van der Waals surface area contributed by atoms with E-state index in [1.165, 1.54) is 12.8 Å². The summed E-state index contributed by atoms with van der Waals surface area (Å²) in [4.78, 5) is 6.50. The van der Waals surface area contributed by atoms with Crippen molar-refractivity contribution in [3.63, 3.8) is 0 Å². The number of unbranched alkanes of at least 4 members (excludes halogenated alkanes) is 2. The van der Waals surface area contributed by atoms with Crippen LogP contribution in [0.4, 0.5) is 11.5 Å². The third-order valence-corrected chi connectivity index (χ3v) is 2.91. The number of nitrogens with two attached hydrogens (primary N) is 1. The summed E-state index contributed by atoms with van der Waals surface area (Å²) in [5, 5.41) is 9.17. The summed E-state index contributed by atoms with van der Waals surface area (Å²) in [5.41, 5.74) is 6.76. The Morgan fingerprint density at radius 2 is 2.17 bits per heavy atom. The highest BCUT2D eigenvalue weighted by Crippen LogP contribution is 2.21. The van der Waals surface area contributed by atoms with Crippen LogP contribution in [0, 0.1) is 11.3 Å². The third-order valence-electron chi connectivity index (χ3n) is 2.91. The first-order valence-electron chi connectivity index (χ1n) is 6.52. The van der Waals surface area contributed by atoms with Crippen LogP contribution in [-0.2, 0) is 0 Å². The fourth-order valence-electron chi connectivity index (χ4n) is 1.93. The summed E-state index contributed by atoms with van der Waals surface area (Å²) >= 11 is 0. The minimum atomic E-state index is 0.324. The van der Waals surface area contributed by atoms with Gasteiger partial charge in [0, 0.05) is 12.6 Å². The Kier molecular flexibility index (Phi) is 5.44. The molecule has 1 aromatic rings. The molecule has 0 unspecified atom stereocenters. The molecule has 0 aliphatic carbocycles. The molecule has 4 nitrogen and oxygen atoms in total. The van der Waals surface area contributed by atoms with Gasteiger partial charge in [-0.25, -0.2) is 4.98 Å². The molecule has 0 bridgehead atoms. The summed E-state index contributed by atoms with van der Waals surface area (Å²) in [5.74, 6) is 0.748. The van der Waals surface area contributed by atoms with Crippen LogP contribution in [0.1, 0.15) is 45.6 Å². The summed E-state index contributed by atoms with van der Waals surface area (Å²) < 4.78 is 0. The Labute approximate surface area is 109 Å². The van der Waals surface area contributed by atoms with Crippen molar-refractivity contribution >= 4 is 11.5 Å². The molecule has 0 amide bonds. The lowest BCUT2D eigenvalue weighted by Crippen LogP contribution is -2.33. The van der Waals surface area contributed by atoms with Gasteiger partial charge in [-0.05, 0) is 26.3 Å². The average molecular weight is 246 g/mol. The SMILES string of the molecule is CCCCCN(c1ncc(N)cc1C#N)C(C)C. The highest BCUT2D eigenvalue weighted by atomic mass is 15.2. The van der Waals surface area contributed by atoms with Crippen molar-refractivity contribution in [3.05, 3.63) is 17.8 Å². The standard InChI is InChI=1S/C14H22N4/c1-4-5-6-7-18(11(2)3)14-12(9-15)8-13(16)10-17-14/h8,10-11H,4-7,16H2,1-3H3. The second-order valence-corrected chi connectivity index (χ2v) is 4.75. The van der Waals surface area contributed by atoms with Gasteiger partial charge in [0.2, 0.25) is 0 Å². The second-order valence-electron chi connectivity index (χ2n) is 4.75. The van der Waals surface area contributed by atoms with E-state index in [2.05, 4.69) is 36.7 Å². The fraction of sp³-hybridized carbons (Fsp3) is 0.571. The summed E-state index contributed by atoms with van der Waals surface area (Å²) in [6.45, 7) is 7.34. The number of nitriles is 1. The Bertz CT molecular complexity index is 420. The summed E-state index contributed by atoms with van der Waals surface area (Å²) in [6, 6.07) is 4.19. The van der Waals surface area contributed by atoms with E-state index < -0.39 is 0 Å². The molecule has 0 atom stereocenters. The molecule has 18 heavy (non-hydrogen) atoms. The van der Waals surface area contributed by atoms with Crippen LogP contribution in [-0.4, -0.2) is 17.6 Å². The zero-order chi connectivity index (χ0) is 13.5. The van der Waals surface area contributed by atoms with E-state index in [0.717, 1.165) is 18.8 Å². The lowest BCUT2D eigenvalue weighted by Gasteiger charge is -2.28. The van der Waals surface area contributed by atoms with Gasteiger partial charge in [-0.15, -0.1) is 0 Å². The largest absolute Gasteiger partial charge is 0.397 e. The first kappa shape index (κ1) is 14.3. The van der Waals surface area contributed by atoms with Gasteiger partial charge in [-0.1, -0.05) is 19.8 Å². The molecular formula is C14H22N4. The quantitative estimate of drug-likeness (QED) is 0.784. The number of anilines is 2. The highest BCUT2D eigenvalue weighted by molar-refractivity contribution is 5.59. The number of pyridine rings is 1. The van der Waals surface area contributed by atoms with E-state index in [9.17, 15) is 5.26 Å². The molecule has 1 aromatic heterocycles. The number of hydrogen-bond donors (Lipinski definition) is 1. The van der Waals surface area contributed by atoms with E-state index in [4.69, 9.17) is 5.73 Å². The van der Waals surface area contributed by atoms with Crippen molar-refractivity contribution in [2.75, 3.05) is 17.2 Å². The van der Waals surface area contributed by atoms with Crippen LogP contribution in [0.15, 0.2) is 12.3 Å². The molecule has 0 aliphatic rings. The van der Waals surface area contributed by atoms with Crippen LogP contribution in [0.3, 0.4) is 0 Å². The van der Waals surface area contributed by atoms with Crippen molar-refractivity contribution in [1.29, 1.82) is 5.26 Å². The highest BCUT2D eigenvalue weighted by Gasteiger charge is 2.15. The number of nitrogen functional groups attached to an aromatic ring is 1. The van der Waals surface area contributed by atoms with Crippen LogP contribution >= 0.6 is 0 Å². The molecule has 2 N–H and O–H groups in total. The summed E-state index contributed by atoms with van der Waals surface area (Å²) in [7, 11) is 0. The van der Waals surface area contributed by atoms with Crippen LogP contribution < -0.4 is 10.6 Å². The van der Waals surface area contributed by atoms with Crippen LogP contribution in [0.25, 0.3) is 0 Å². The topological polar surface area (TPSA) is 65.9 Å². The maximum absolute atomic E-state index is 9.17. The maximum atomic E-state index is 9.17. The van der Waals surface area contributed by atoms with Gasteiger partial charge >= 0.3 is 0 Å². The first-order valence-corrected chi connectivity index (χ1v) is 6.52. The van der Waals surface area contributed by atoms with Crippen molar-refractivity contribution in [3.8, 4) is 6.07 Å². The Balaban J connectivity index is 2.95. The average Bonchev–Trinajstić information content (AvgIpc) is 2.35. The van der Waals surface area contributed by atoms with Crippen molar-refractivity contribution in [2.45, 2.75) is 46.1 Å². The van der Waals surface area contributed by atoms with Crippen molar-refractivity contribution in [1.82, 2.24) is 4.98 Å². The smallest absolute Gasteiger partial charge is 0.146 e. The fourth-order valence-corrected chi connectivity index (χ4v) is 1.93. The second kappa shape index (κ2) is 6.85. The van der Waals surface area contributed by atoms with E-state index in [1.54, 1.807) is 12.3 Å². The molecule has 1 heterocycles. The monoisotopic (exact) mass is 246 g/mol. The van der Waals surface area contributed by atoms with Gasteiger partial charge in [0.1, 0.15) is 11.9 Å². The Hall–Kier alpha value is -1.76. The molecule has 98 valence electrons. The van der Waals surface area contributed by atoms with Crippen molar-refractivity contribution < 1.29 is 0 Å². The minimum Gasteiger partial charge on any atom is -0.397 e. The van der Waals surface area contributed by atoms with Gasteiger partial charge in [0.15, 0.2) is 0 Å². The minimum absolute atomic E-state index is 0.324. The lowest BCUT2D eigenvalue weighted by atomic mass is 10.2. The number of nitrogens with zero attached hydrogens (tertiary/aromatic N) is 3. The van der Waals surface area contributed by atoms with Crippen LogP contribution in [0.2, 0.25) is 0 Å². The lowest BCUT2D eigenvalue weighted by molar-refractivity contribution is 0.619. The van der Waals surface area contributed by atoms with Gasteiger partial charge in [-0.2, -0.15) is 5.26 Å². The molecule has 0 radical (unpaired) electrons. The maximum Gasteiger partial charge on any atom is 0.146 e. The molecule has 0 saturated carbocycles. The number of rotatable bonds is 6. The van der Waals surface area contributed by atoms with Gasteiger partial charge in [0.25, 0.3) is 0 Å². The molecule has 0 saturated heterocycles. The number of hydrogen-bond acceptors (Lipinski definition) is 4. The Morgan fingerprint density at radius 1 is 1.44 bits per heavy atom. The Morgan fingerprint density at radius 3 is 2.72 bits per heavy atom. The van der Waals surface area contributed by atoms with Crippen LogP contribution in [0.5, 0.6) is 0 Å². The number of aromatic nitrogens is 1. The molecule has 4 heteroatoms. The van der Waals surface area contributed by atoms with E-state index in [0.29, 0.717) is 17.3 Å². The zero-order valence-electron chi connectivity index (χ0n) is 11.5. The molecular weight excluding hydrogens is 224 g/mol. The predicted molar refractivity (Wildman–Crippen MR) is 75.4 cm³/mol. The molecule has 0 fully saturated rings. The zero-order valence-corrected chi connectivity index (χ0v) is 11.5. The van der Waals surface area contributed by atoms with E-state index in [1.807, 2.05) is 0 Å². The molecule has 0 spiro atoms. The molecule has 1 rings (SSSR count). The van der Waals surface area contributed by atoms with E-state index in [-0.39, 0.29) is 0 Å². The van der Waals surface area contributed by atoms with Gasteiger partial charge in [-0.3, -0.25) is 0 Å². The first-order chi connectivity index (χ1) is 8.60. The predicted octanol–water partition coefficient (Wildman–Crippen LogP) is 2.94. The molecule has 0 aliphatic heterocycles. The van der Waals surface area contributed by atoms with E-state index >= 15 is 0 Å². The normalized spacial score (nSPS) is 10.4. The van der Waals surface area contributed by atoms with Crippen molar-refractivity contribution in [2.24, 2.45) is 0 Å². The van der Waals surface area contributed by atoms with Gasteiger partial charge in [0.05, 0.1) is 17.4 Å².